The van der Waals surface area contributed by atoms with Crippen LogP contribution in [-0.4, -0.2) is 21.5 Å². The van der Waals surface area contributed by atoms with Gasteiger partial charge in [-0.2, -0.15) is 0 Å². The van der Waals surface area contributed by atoms with Crippen LogP contribution < -0.4 is 5.32 Å². The zero-order valence-electron chi connectivity index (χ0n) is 12.0. The summed E-state index contributed by atoms with van der Waals surface area (Å²) < 4.78 is 1.14. The smallest absolute Gasteiger partial charge is 0.143 e. The molecule has 0 atom stereocenters. The number of anilines is 1. The van der Waals surface area contributed by atoms with Crippen LogP contribution in [0.2, 0.25) is 0 Å². The first-order chi connectivity index (χ1) is 9.63. The zero-order valence-corrected chi connectivity index (χ0v) is 15.0. The Morgan fingerprint density at radius 2 is 2.05 bits per heavy atom. The second-order valence-corrected chi connectivity index (χ2v) is 6.61. The van der Waals surface area contributed by atoms with Gasteiger partial charge in [0.25, 0.3) is 0 Å². The van der Waals surface area contributed by atoms with Gasteiger partial charge in [0.1, 0.15) is 16.6 Å². The summed E-state index contributed by atoms with van der Waals surface area (Å²) >= 11 is 4.01. The van der Waals surface area contributed by atoms with Gasteiger partial charge in [-0.15, -0.1) is 11.3 Å². The molecule has 108 valence electrons. The van der Waals surface area contributed by atoms with E-state index in [0.29, 0.717) is 6.42 Å². The average Bonchev–Trinajstić information content (AvgIpc) is 2.81. The summed E-state index contributed by atoms with van der Waals surface area (Å²) in [6.07, 6.45) is 2.79. The van der Waals surface area contributed by atoms with E-state index in [4.69, 9.17) is 4.98 Å². The lowest BCUT2D eigenvalue weighted by molar-refractivity contribution is 0.831. The highest BCUT2D eigenvalue weighted by Gasteiger charge is 2.12. The van der Waals surface area contributed by atoms with E-state index >= 15 is 0 Å². The van der Waals surface area contributed by atoms with Crippen LogP contribution in [0.5, 0.6) is 0 Å². The van der Waals surface area contributed by atoms with E-state index in [2.05, 4.69) is 57.1 Å². The largest absolute Gasteiger partial charge is 0.369 e. The molecule has 0 radical (unpaired) electrons. The van der Waals surface area contributed by atoms with E-state index in [1.807, 2.05) is 6.92 Å². The van der Waals surface area contributed by atoms with Gasteiger partial charge in [0.05, 0.1) is 15.7 Å². The van der Waals surface area contributed by atoms with Crippen molar-refractivity contribution in [2.75, 3.05) is 11.9 Å². The fourth-order valence-electron chi connectivity index (χ4n) is 1.93. The third-order valence-corrected chi connectivity index (χ3v) is 4.87. The number of aromatic nitrogens is 3. The lowest BCUT2D eigenvalue weighted by Gasteiger charge is -2.11. The third-order valence-electron chi connectivity index (χ3n) is 2.77. The molecule has 0 amide bonds. The Morgan fingerprint density at radius 1 is 1.25 bits per heavy atom. The van der Waals surface area contributed by atoms with Gasteiger partial charge in [0.15, 0.2) is 0 Å². The van der Waals surface area contributed by atoms with Gasteiger partial charge in [0.2, 0.25) is 0 Å². The minimum Gasteiger partial charge on any atom is -0.369 e. The monoisotopic (exact) mass is 402 g/mol. The molecule has 2 aromatic heterocycles. The van der Waals surface area contributed by atoms with Crippen molar-refractivity contribution in [1.82, 2.24) is 15.0 Å². The first-order valence-electron chi connectivity index (χ1n) is 6.84. The van der Waals surface area contributed by atoms with Crippen LogP contribution >= 0.6 is 33.9 Å². The average molecular weight is 402 g/mol. The SMILES string of the molecule is CCCc1nc(Cc2nc(C)cs2)nc(NCC)c1I. The fraction of sp³-hybridized carbons (Fsp3) is 0.500. The molecule has 0 aliphatic heterocycles. The van der Waals surface area contributed by atoms with Crippen LogP contribution in [-0.2, 0) is 12.8 Å². The van der Waals surface area contributed by atoms with Crippen LogP contribution in [0.25, 0.3) is 0 Å². The predicted molar refractivity (Wildman–Crippen MR) is 92.6 cm³/mol. The molecule has 4 nitrogen and oxygen atoms in total. The highest BCUT2D eigenvalue weighted by atomic mass is 127. The molecule has 6 heteroatoms. The van der Waals surface area contributed by atoms with E-state index in [1.54, 1.807) is 11.3 Å². The van der Waals surface area contributed by atoms with Gasteiger partial charge in [-0.3, -0.25) is 0 Å². The Hall–Kier alpha value is -0.760. The van der Waals surface area contributed by atoms with Crippen molar-refractivity contribution in [2.45, 2.75) is 40.0 Å². The molecule has 0 aliphatic carbocycles. The number of aryl methyl sites for hydroxylation is 2. The van der Waals surface area contributed by atoms with E-state index in [0.717, 1.165) is 51.0 Å². The molecule has 0 bridgehead atoms. The molecular formula is C14H19IN4S. The maximum absolute atomic E-state index is 4.72. The van der Waals surface area contributed by atoms with Crippen LogP contribution in [0, 0.1) is 10.5 Å². The zero-order chi connectivity index (χ0) is 14.5. The van der Waals surface area contributed by atoms with Crippen molar-refractivity contribution in [1.29, 1.82) is 0 Å². The van der Waals surface area contributed by atoms with Gasteiger partial charge in [-0.05, 0) is 42.9 Å². The molecule has 20 heavy (non-hydrogen) atoms. The van der Waals surface area contributed by atoms with E-state index < -0.39 is 0 Å². The van der Waals surface area contributed by atoms with Gasteiger partial charge in [0, 0.05) is 17.6 Å². The Labute approximate surface area is 137 Å². The Balaban J connectivity index is 2.31. The lowest BCUT2D eigenvalue weighted by Crippen LogP contribution is -2.10. The summed E-state index contributed by atoms with van der Waals surface area (Å²) in [5.74, 6) is 1.81. The molecule has 2 heterocycles. The fourth-order valence-corrected chi connectivity index (χ4v) is 3.40. The number of halogens is 1. The molecular weight excluding hydrogens is 383 g/mol. The molecule has 2 aromatic rings. The topological polar surface area (TPSA) is 50.7 Å². The predicted octanol–water partition coefficient (Wildman–Crippen LogP) is 3.82. The molecule has 1 N–H and O–H groups in total. The molecule has 2 rings (SSSR count). The quantitative estimate of drug-likeness (QED) is 0.747. The Morgan fingerprint density at radius 3 is 2.65 bits per heavy atom. The number of hydrogen-bond acceptors (Lipinski definition) is 5. The molecule has 0 spiro atoms. The first kappa shape index (κ1) is 15.6. The highest BCUT2D eigenvalue weighted by molar-refractivity contribution is 14.1. The Kier molecular flexibility index (Phi) is 5.71. The summed E-state index contributed by atoms with van der Waals surface area (Å²) in [6.45, 7) is 7.15. The van der Waals surface area contributed by atoms with Crippen molar-refractivity contribution in [3.63, 3.8) is 0 Å². The van der Waals surface area contributed by atoms with Gasteiger partial charge >= 0.3 is 0 Å². The van der Waals surface area contributed by atoms with Crippen molar-refractivity contribution >= 4 is 39.7 Å². The summed E-state index contributed by atoms with van der Waals surface area (Å²) in [4.78, 5) is 13.9. The second kappa shape index (κ2) is 7.31. The number of nitrogens with one attached hydrogen (secondary N) is 1. The molecule has 0 fully saturated rings. The molecule has 0 aliphatic rings. The normalized spacial score (nSPS) is 10.8. The summed E-state index contributed by atoms with van der Waals surface area (Å²) in [5.41, 5.74) is 2.21. The van der Waals surface area contributed by atoms with Crippen LogP contribution in [0.4, 0.5) is 5.82 Å². The van der Waals surface area contributed by atoms with E-state index in [1.165, 1.54) is 0 Å². The van der Waals surface area contributed by atoms with Gasteiger partial charge in [-0.1, -0.05) is 13.3 Å². The van der Waals surface area contributed by atoms with Crippen molar-refractivity contribution in [3.8, 4) is 0 Å². The van der Waals surface area contributed by atoms with Crippen molar-refractivity contribution in [3.05, 3.63) is 31.2 Å². The van der Waals surface area contributed by atoms with Crippen LogP contribution in [0.3, 0.4) is 0 Å². The van der Waals surface area contributed by atoms with Gasteiger partial charge in [-0.25, -0.2) is 15.0 Å². The maximum atomic E-state index is 4.72. The summed E-state index contributed by atoms with van der Waals surface area (Å²) in [7, 11) is 0. The first-order valence-corrected chi connectivity index (χ1v) is 8.80. The van der Waals surface area contributed by atoms with Crippen molar-refractivity contribution < 1.29 is 0 Å². The number of nitrogens with zero attached hydrogens (tertiary/aromatic N) is 3. The highest BCUT2D eigenvalue weighted by Crippen LogP contribution is 2.22. The maximum Gasteiger partial charge on any atom is 0.143 e. The van der Waals surface area contributed by atoms with E-state index in [-0.39, 0.29) is 0 Å². The third kappa shape index (κ3) is 3.88. The summed E-state index contributed by atoms with van der Waals surface area (Å²) in [6, 6.07) is 0. The van der Waals surface area contributed by atoms with Crippen molar-refractivity contribution in [2.24, 2.45) is 0 Å². The minimum atomic E-state index is 0.713. The molecule has 0 aromatic carbocycles. The number of thiazole rings is 1. The standard InChI is InChI=1S/C14H19IN4S/c1-4-6-10-13(15)14(16-5-2)19-11(18-10)7-12-17-9(3)8-20-12/h8H,4-7H2,1-3H3,(H,16,18,19). The summed E-state index contributed by atoms with van der Waals surface area (Å²) in [5, 5.41) is 6.48. The number of hydrogen-bond donors (Lipinski definition) is 1. The second-order valence-electron chi connectivity index (χ2n) is 4.59. The lowest BCUT2D eigenvalue weighted by atomic mass is 10.2. The van der Waals surface area contributed by atoms with Crippen LogP contribution in [0.15, 0.2) is 5.38 Å². The molecule has 0 saturated heterocycles. The van der Waals surface area contributed by atoms with E-state index in [9.17, 15) is 0 Å². The van der Waals surface area contributed by atoms with Gasteiger partial charge < -0.3 is 5.32 Å². The minimum absolute atomic E-state index is 0.713. The Bertz CT molecular complexity index is 555. The number of rotatable bonds is 6. The molecule has 0 unspecified atom stereocenters. The molecule has 0 saturated carbocycles. The van der Waals surface area contributed by atoms with Crippen LogP contribution in [0.1, 0.15) is 42.5 Å².